The smallest absolute Gasteiger partial charge is 0.367 e. The molecule has 2 atom stereocenters. The third kappa shape index (κ3) is 11.0. The van der Waals surface area contributed by atoms with Gasteiger partial charge in [0.15, 0.2) is 17.8 Å². The van der Waals surface area contributed by atoms with E-state index in [1.165, 1.54) is 29.6 Å². The van der Waals surface area contributed by atoms with Gasteiger partial charge in [-0.05, 0) is 49.7 Å². The molecule has 14 heteroatoms. The Hall–Kier alpha value is -1.96. The van der Waals surface area contributed by atoms with E-state index in [9.17, 15) is 18.1 Å². The quantitative estimate of drug-likeness (QED) is 0.129. The summed E-state index contributed by atoms with van der Waals surface area (Å²) in [5.74, 6) is -0.105. The van der Waals surface area contributed by atoms with Crippen molar-refractivity contribution >= 4 is 25.1 Å². The molecule has 0 saturated carbocycles. The summed E-state index contributed by atoms with van der Waals surface area (Å²) in [4.78, 5) is -0.0679. The highest BCUT2D eigenvalue weighted by Crippen LogP contribution is 2.48. The number of benzene rings is 2. The Kier molecular flexibility index (Phi) is 14.8. The summed E-state index contributed by atoms with van der Waals surface area (Å²) >= 11 is 0. The van der Waals surface area contributed by atoms with E-state index < -0.39 is 35.9 Å². The van der Waals surface area contributed by atoms with E-state index in [1.54, 1.807) is 13.8 Å². The van der Waals surface area contributed by atoms with Crippen molar-refractivity contribution in [1.82, 2.24) is 4.31 Å². The molecule has 0 radical (unpaired) electrons. The zero-order valence-electron chi connectivity index (χ0n) is 24.6. The maximum Gasteiger partial charge on any atom is 0.367 e. The average molecular weight is 615 g/mol. The molecule has 0 aromatic heterocycles. The van der Waals surface area contributed by atoms with Crippen LogP contribution in [0.4, 0.5) is 0 Å². The van der Waals surface area contributed by atoms with E-state index in [1.807, 2.05) is 44.2 Å². The number of nitrogens with two attached hydrogens (primary N) is 1. The fourth-order valence-corrected chi connectivity index (χ4v) is 7.16. The Labute approximate surface area is 245 Å². The van der Waals surface area contributed by atoms with Crippen LogP contribution in [0.25, 0.3) is 0 Å². The second-order valence-electron chi connectivity index (χ2n) is 9.80. The first-order valence-corrected chi connectivity index (χ1v) is 16.8. The minimum atomic E-state index is -4.10. The lowest BCUT2D eigenvalue weighted by atomic mass is 9.72. The van der Waals surface area contributed by atoms with Crippen molar-refractivity contribution in [1.29, 1.82) is 0 Å². The van der Waals surface area contributed by atoms with Crippen LogP contribution in [0, 0.1) is 5.92 Å². The van der Waals surface area contributed by atoms with Crippen LogP contribution in [-0.4, -0.2) is 77.9 Å². The molecule has 230 valence electrons. The van der Waals surface area contributed by atoms with E-state index >= 15 is 0 Å². The van der Waals surface area contributed by atoms with Crippen molar-refractivity contribution in [3.8, 4) is 11.5 Å². The molecule has 0 fully saturated rings. The van der Waals surface area contributed by atoms with Gasteiger partial charge in [0.05, 0.1) is 38.1 Å². The van der Waals surface area contributed by atoms with Gasteiger partial charge in [-0.15, -0.1) is 0 Å². The molecule has 0 aliphatic rings. The van der Waals surface area contributed by atoms with Crippen LogP contribution in [0.5, 0.6) is 11.5 Å². The number of rotatable bonds is 20. The lowest BCUT2D eigenvalue weighted by Crippen LogP contribution is -2.42. The van der Waals surface area contributed by atoms with E-state index in [0.717, 1.165) is 5.56 Å². The minimum absolute atomic E-state index is 0.0137. The zero-order valence-corrected chi connectivity index (χ0v) is 26.3. The van der Waals surface area contributed by atoms with Crippen LogP contribution in [0.2, 0.25) is 5.82 Å². The SMILES string of the molecule is CCOP(=O)(COc1cc(S(=O)(=O)N(CC(C)C)C[C@@H](O)[C@@H](BOCN)Cc2ccccc2)ccc1OC)OCC. The summed E-state index contributed by atoms with van der Waals surface area (Å²) in [6.45, 7) is 7.47. The Morgan fingerprint density at radius 3 is 2.24 bits per heavy atom. The molecule has 0 spiro atoms. The first-order valence-electron chi connectivity index (χ1n) is 13.7. The molecule has 2 rings (SSSR count). The molecular formula is C27H44BN2O9PS. The van der Waals surface area contributed by atoms with Gasteiger partial charge in [0, 0.05) is 19.2 Å². The Morgan fingerprint density at radius 1 is 1.02 bits per heavy atom. The average Bonchev–Trinajstić information content (AvgIpc) is 2.94. The van der Waals surface area contributed by atoms with Crippen molar-refractivity contribution < 1.29 is 41.3 Å². The summed E-state index contributed by atoms with van der Waals surface area (Å²) in [6.07, 6.45) is -0.976. The van der Waals surface area contributed by atoms with Crippen LogP contribution in [0.15, 0.2) is 53.4 Å². The van der Waals surface area contributed by atoms with Crippen LogP contribution < -0.4 is 15.2 Å². The van der Waals surface area contributed by atoms with Crippen molar-refractivity contribution in [2.45, 2.75) is 50.9 Å². The van der Waals surface area contributed by atoms with Crippen LogP contribution in [0.3, 0.4) is 0 Å². The molecule has 0 unspecified atom stereocenters. The van der Waals surface area contributed by atoms with Gasteiger partial charge in [-0.2, -0.15) is 4.31 Å². The number of ether oxygens (including phenoxy) is 2. The van der Waals surface area contributed by atoms with Crippen molar-refractivity contribution in [3.05, 3.63) is 54.1 Å². The van der Waals surface area contributed by atoms with Crippen molar-refractivity contribution in [2.24, 2.45) is 11.7 Å². The fraction of sp³-hybridized carbons (Fsp3) is 0.556. The van der Waals surface area contributed by atoms with Crippen LogP contribution in [0.1, 0.15) is 33.3 Å². The lowest BCUT2D eigenvalue weighted by Gasteiger charge is -2.30. The third-order valence-electron chi connectivity index (χ3n) is 6.10. The first-order chi connectivity index (χ1) is 19.5. The number of hydrogen-bond donors (Lipinski definition) is 2. The Morgan fingerprint density at radius 2 is 1.68 bits per heavy atom. The second kappa shape index (κ2) is 17.2. The van der Waals surface area contributed by atoms with E-state index in [-0.39, 0.29) is 62.8 Å². The number of nitrogens with zero attached hydrogens (tertiary/aromatic N) is 1. The number of methoxy groups -OCH3 is 1. The molecular weight excluding hydrogens is 570 g/mol. The lowest BCUT2D eigenvalue weighted by molar-refractivity contribution is 0.128. The number of aliphatic hydroxyl groups excluding tert-OH is 1. The number of aliphatic hydroxyl groups is 1. The van der Waals surface area contributed by atoms with Gasteiger partial charge >= 0.3 is 7.60 Å². The molecule has 0 bridgehead atoms. The van der Waals surface area contributed by atoms with Crippen molar-refractivity contribution in [3.63, 3.8) is 0 Å². The summed E-state index contributed by atoms with van der Waals surface area (Å²) in [7, 11) is -6.08. The predicted octanol–water partition coefficient (Wildman–Crippen LogP) is 3.62. The Bertz CT molecular complexity index is 1190. The zero-order chi connectivity index (χ0) is 30.5. The molecule has 41 heavy (non-hydrogen) atoms. The largest absolute Gasteiger partial charge is 0.493 e. The summed E-state index contributed by atoms with van der Waals surface area (Å²) in [5.41, 5.74) is 6.53. The highest BCUT2D eigenvalue weighted by molar-refractivity contribution is 7.89. The molecule has 0 aliphatic carbocycles. The Balaban J connectivity index is 2.36. The predicted molar refractivity (Wildman–Crippen MR) is 160 cm³/mol. The van der Waals surface area contributed by atoms with Gasteiger partial charge in [0.2, 0.25) is 10.0 Å². The van der Waals surface area contributed by atoms with Gasteiger partial charge in [-0.3, -0.25) is 4.57 Å². The van der Waals surface area contributed by atoms with Gasteiger partial charge in [0.25, 0.3) is 7.48 Å². The van der Waals surface area contributed by atoms with E-state index in [2.05, 4.69) is 0 Å². The monoisotopic (exact) mass is 614 g/mol. The molecule has 11 nitrogen and oxygen atoms in total. The molecule has 2 aromatic rings. The molecule has 3 N–H and O–H groups in total. The van der Waals surface area contributed by atoms with Crippen LogP contribution in [-0.2, 0) is 34.7 Å². The first kappa shape index (κ1) is 35.2. The standard InChI is InChI=1S/C27H44BN2O9PS/c1-6-38-40(32,39-7-2)20-36-27-16-23(13-14-26(27)35-5)41(33,34)30(17-21(3)4)18-25(31)24(28-37-19-29)15-22-11-9-8-10-12-22/h8-14,16,21,24-25,28,31H,6-7,15,17-20,29H2,1-5H3/t24-,25+/m0/s1. The summed E-state index contributed by atoms with van der Waals surface area (Å²) < 4.78 is 69.1. The van der Waals surface area contributed by atoms with Crippen molar-refractivity contribution in [2.75, 3.05) is 46.5 Å². The minimum Gasteiger partial charge on any atom is -0.493 e. The highest BCUT2D eigenvalue weighted by atomic mass is 32.2. The number of hydrogen-bond acceptors (Lipinski definition) is 10. The highest BCUT2D eigenvalue weighted by Gasteiger charge is 2.32. The molecule has 0 heterocycles. The topological polar surface area (TPSA) is 147 Å². The van der Waals surface area contributed by atoms with Gasteiger partial charge in [-0.25, -0.2) is 8.42 Å². The molecule has 2 aromatic carbocycles. The third-order valence-corrected chi connectivity index (χ3v) is 9.67. The normalized spacial score (nSPS) is 13.8. The maximum atomic E-state index is 13.9. The van der Waals surface area contributed by atoms with E-state index in [0.29, 0.717) is 6.42 Å². The fourth-order valence-electron chi connectivity index (χ4n) is 4.21. The second-order valence-corrected chi connectivity index (χ2v) is 13.7. The van der Waals surface area contributed by atoms with E-state index in [4.69, 9.17) is 28.9 Å². The summed E-state index contributed by atoms with van der Waals surface area (Å²) in [5, 5.41) is 11.3. The number of sulfonamides is 1. The molecule has 0 saturated heterocycles. The van der Waals surface area contributed by atoms with Gasteiger partial charge < -0.3 is 34.0 Å². The van der Waals surface area contributed by atoms with Crippen LogP contribution >= 0.6 is 7.60 Å². The van der Waals surface area contributed by atoms with Gasteiger partial charge in [-0.1, -0.05) is 44.2 Å². The maximum absolute atomic E-state index is 13.9. The molecule has 0 amide bonds. The summed E-state index contributed by atoms with van der Waals surface area (Å²) in [6, 6.07) is 13.8. The molecule has 0 aliphatic heterocycles. The van der Waals surface area contributed by atoms with Gasteiger partial charge in [0.1, 0.15) is 0 Å².